The zero-order chi connectivity index (χ0) is 69.8. The Kier molecular flexibility index (Phi) is 27.4. The van der Waals surface area contributed by atoms with E-state index in [4.69, 9.17) is 54.2 Å². The smallest absolute Gasteiger partial charge is 0.454 e. The summed E-state index contributed by atoms with van der Waals surface area (Å²) in [4.78, 5) is 55.3. The van der Waals surface area contributed by atoms with Crippen molar-refractivity contribution in [3.63, 3.8) is 0 Å². The second-order valence-corrected chi connectivity index (χ2v) is 29.2. The van der Waals surface area contributed by atoms with E-state index in [1.807, 2.05) is 71.9 Å². The molecule has 9 rings (SSSR count). The second-order valence-electron chi connectivity index (χ2n) is 25.0. The number of nitrogens with one attached hydrogen (secondary N) is 1. The number of hydrogen-bond acceptors (Lipinski definition) is 23. The Morgan fingerprint density at radius 2 is 1.20 bits per heavy atom. The van der Waals surface area contributed by atoms with Crippen molar-refractivity contribution in [1.29, 1.82) is 0 Å². The number of hydrogen-bond donors (Lipinski definition) is 3. The van der Waals surface area contributed by atoms with Crippen molar-refractivity contribution in [1.82, 2.24) is 13.9 Å². The van der Waals surface area contributed by atoms with Crippen LogP contribution in [0.3, 0.4) is 0 Å². The highest BCUT2D eigenvalue weighted by Crippen LogP contribution is 2.39. The maximum atomic E-state index is 14.2. The van der Waals surface area contributed by atoms with Crippen LogP contribution < -0.4 is 33.7 Å². The number of ether oxygens (including phenoxy) is 10. The third kappa shape index (κ3) is 22.6. The summed E-state index contributed by atoms with van der Waals surface area (Å²) in [7, 11) is -7.89. The van der Waals surface area contributed by atoms with Crippen molar-refractivity contribution in [2.24, 2.45) is 22.7 Å². The van der Waals surface area contributed by atoms with Gasteiger partial charge in [-0.25, -0.2) is 31.2 Å². The Morgan fingerprint density at radius 1 is 0.688 bits per heavy atom. The molecule has 31 heteroatoms. The topological polar surface area (TPSA) is 357 Å². The number of alkyl carbamates (subject to hydrolysis) is 1. The number of nitro benzene ring substituents is 2. The molecule has 0 saturated carbocycles. The lowest BCUT2D eigenvalue weighted by Gasteiger charge is -2.35. The number of benzene rings is 5. The predicted molar refractivity (Wildman–Crippen MR) is 347 cm³/mol. The van der Waals surface area contributed by atoms with Gasteiger partial charge >= 0.3 is 17.7 Å². The van der Waals surface area contributed by atoms with Gasteiger partial charge in [0.25, 0.3) is 11.4 Å². The van der Waals surface area contributed by atoms with E-state index in [0.717, 1.165) is 12.0 Å². The lowest BCUT2D eigenvalue weighted by molar-refractivity contribution is -0.385. The zero-order valence-electron chi connectivity index (χ0n) is 54.1. The molecule has 0 aromatic heterocycles. The van der Waals surface area contributed by atoms with Crippen LogP contribution in [-0.2, 0) is 45.4 Å². The van der Waals surface area contributed by atoms with Gasteiger partial charge in [-0.15, -0.1) is 0 Å². The molecular weight excluding hydrogens is 1320 g/mol. The minimum absolute atomic E-state index is 0.00347. The van der Waals surface area contributed by atoms with Crippen molar-refractivity contribution >= 4 is 60.7 Å². The van der Waals surface area contributed by atoms with Crippen molar-refractivity contribution < 1.29 is 98.6 Å². The Labute approximate surface area is 562 Å². The van der Waals surface area contributed by atoms with Gasteiger partial charge in [0.1, 0.15) is 17.6 Å². The Bertz CT molecular complexity index is 3640. The lowest BCUT2D eigenvalue weighted by Crippen LogP contribution is -2.52. The maximum Gasteiger partial charge on any atom is 0.513 e. The molecule has 0 unspecified atom stereocenters. The zero-order valence-corrected chi connectivity index (χ0v) is 56.5. The SMILES string of the molecule is CC(C)(CCCCO)CN(C[C@@H](O)[C@H](Cc1ccccc1)NC(=O)O[C@H]1CO[C@H]2OCC[C@H]21)S(=O)(=O)c1ccc2c(c1)OCO2.CC(C)CN(CC(C)(C)CCCCOC(=O)Oc1ccc([N+](=O)[O-])cc1)S(=O)(=O)c1ccc2c(c1)OCO2.O=C(Cl)Oc1ccc([N+](=O)[O-])cc1. The van der Waals surface area contributed by atoms with E-state index in [9.17, 15) is 61.7 Å². The van der Waals surface area contributed by atoms with Gasteiger partial charge in [0, 0.05) is 80.8 Å². The monoisotopic (exact) mass is 1400 g/mol. The summed E-state index contributed by atoms with van der Waals surface area (Å²) in [6.45, 7) is 13.4. The van der Waals surface area contributed by atoms with Gasteiger partial charge in [-0.05, 0) is 116 Å². The number of rotatable bonds is 30. The molecule has 3 N–H and O–H groups in total. The first-order chi connectivity index (χ1) is 45.5. The van der Waals surface area contributed by atoms with E-state index in [0.29, 0.717) is 81.2 Å². The number of unbranched alkanes of at least 4 members (excludes halogenated alkanes) is 2. The first-order valence-electron chi connectivity index (χ1n) is 31.1. The number of non-ortho nitro benzene ring substituents is 2. The molecule has 2 fully saturated rings. The number of nitro groups is 2. The third-order valence-corrected chi connectivity index (χ3v) is 19.4. The van der Waals surface area contributed by atoms with Crippen LogP contribution in [0.25, 0.3) is 0 Å². The van der Waals surface area contributed by atoms with Crippen LogP contribution in [0.2, 0.25) is 0 Å². The number of aliphatic hydroxyl groups is 2. The Balaban J connectivity index is 0.000000230. The molecule has 0 radical (unpaired) electrons. The summed E-state index contributed by atoms with van der Waals surface area (Å²) in [5, 5.41) is 44.7. The third-order valence-electron chi connectivity index (χ3n) is 15.7. The summed E-state index contributed by atoms with van der Waals surface area (Å²) in [5.74, 6) is 2.13. The minimum atomic E-state index is -4.13. The van der Waals surface area contributed by atoms with E-state index >= 15 is 0 Å². The number of fused-ring (bicyclic) bond motifs is 3. The highest BCUT2D eigenvalue weighted by molar-refractivity contribution is 7.89. The highest BCUT2D eigenvalue weighted by atomic mass is 35.5. The van der Waals surface area contributed by atoms with Crippen LogP contribution in [0, 0.1) is 42.9 Å². The summed E-state index contributed by atoms with van der Waals surface area (Å²) in [6, 6.07) is 27.7. The van der Waals surface area contributed by atoms with Crippen molar-refractivity contribution in [3.05, 3.63) is 141 Å². The first kappa shape index (κ1) is 75.4. The van der Waals surface area contributed by atoms with E-state index in [1.54, 1.807) is 12.1 Å². The molecule has 96 heavy (non-hydrogen) atoms. The lowest BCUT2D eigenvalue weighted by atomic mass is 9.87. The fourth-order valence-corrected chi connectivity index (χ4v) is 14.4. The van der Waals surface area contributed by atoms with E-state index in [2.05, 4.69) is 10.1 Å². The number of sulfonamides is 2. The predicted octanol–water partition coefficient (Wildman–Crippen LogP) is 10.8. The number of halogens is 1. The van der Waals surface area contributed by atoms with E-state index < -0.39 is 71.2 Å². The number of carbonyl (C=O) groups excluding carboxylic acids is 3. The minimum Gasteiger partial charge on any atom is -0.454 e. The van der Waals surface area contributed by atoms with Gasteiger partial charge < -0.3 is 62.9 Å². The van der Waals surface area contributed by atoms with Gasteiger partial charge in [0.05, 0.1) is 57.5 Å². The molecule has 4 heterocycles. The Morgan fingerprint density at radius 3 is 1.71 bits per heavy atom. The number of carbonyl (C=O) groups is 3. The van der Waals surface area contributed by atoms with Crippen LogP contribution in [0.5, 0.6) is 34.5 Å². The molecule has 28 nitrogen and oxygen atoms in total. The number of aliphatic hydroxyl groups excluding tert-OH is 2. The number of nitrogens with zero attached hydrogens (tertiary/aromatic N) is 4. The molecule has 5 aromatic carbocycles. The molecule has 5 aromatic rings. The van der Waals surface area contributed by atoms with Crippen molar-refractivity contribution in [2.45, 2.75) is 127 Å². The maximum absolute atomic E-state index is 14.2. The first-order valence-corrected chi connectivity index (χ1v) is 34.3. The average Bonchev–Trinajstić information content (AvgIpc) is 1.20. The summed E-state index contributed by atoms with van der Waals surface area (Å²) >= 11 is 4.92. The molecule has 0 spiro atoms. The standard InChI is InChI=1S/C32H44N2O10S.C26H34N2O9S.C7H4ClNO4/c1-32(2,13-6-7-14-35)20-34(45(38,39)23-10-11-27-28(17-23)43-21-42-27)18-26(36)25(16-22-8-4-3-5-9-22)33-31(37)44-29-19-41-30-24(29)12-15-40-30;1-19(2)16-27(38(32,33)22-11-12-23-24(15-22)36-18-35-23)17-26(3,4)13-5-6-14-34-25(29)37-21-9-7-20(8-10-21)28(30)31;8-7(10)13-6-3-1-5(2-4-6)9(11)12/h3-5,8-11,17,24-26,29-30,35-36H,6-7,12-16,18-21H2,1-2H3,(H,33,37);7-12,15,19H,5-6,13-14,16-18H2,1-4H3;1-4H/t24-,25-,26+,29-,30+;;/m0../s1. The molecule has 2 saturated heterocycles. The molecule has 524 valence electrons. The van der Waals surface area contributed by atoms with Gasteiger partial charge in [-0.3, -0.25) is 20.2 Å². The van der Waals surface area contributed by atoms with E-state index in [1.165, 1.54) is 81.4 Å². The van der Waals surface area contributed by atoms with Crippen LogP contribution >= 0.6 is 11.6 Å². The van der Waals surface area contributed by atoms with E-state index in [-0.39, 0.29) is 109 Å². The molecule has 5 atom stereocenters. The summed E-state index contributed by atoms with van der Waals surface area (Å²) in [6.07, 6.45) is 1.15. The van der Waals surface area contributed by atoms with Crippen LogP contribution in [0.4, 0.5) is 25.8 Å². The van der Waals surface area contributed by atoms with Crippen LogP contribution in [-0.4, -0.2) is 154 Å². The fourth-order valence-electron chi connectivity index (χ4n) is 10.8. The van der Waals surface area contributed by atoms with Gasteiger partial charge in [0.2, 0.25) is 33.6 Å². The van der Waals surface area contributed by atoms with Crippen molar-refractivity contribution in [2.75, 3.05) is 66.2 Å². The van der Waals surface area contributed by atoms with Gasteiger partial charge in [-0.1, -0.05) is 78.3 Å². The van der Waals surface area contributed by atoms with Gasteiger partial charge in [0.15, 0.2) is 29.3 Å². The second kappa shape index (κ2) is 34.8. The molecule has 1 amide bonds. The fraction of sp³-hybridized carbons (Fsp3) is 0.492. The highest BCUT2D eigenvalue weighted by Gasteiger charge is 2.45. The molecule has 0 bridgehead atoms. The molecule has 0 aliphatic carbocycles. The quantitative estimate of drug-likeness (QED) is 0.00960. The van der Waals surface area contributed by atoms with Crippen LogP contribution in [0.15, 0.2) is 125 Å². The van der Waals surface area contributed by atoms with Crippen molar-refractivity contribution in [3.8, 4) is 34.5 Å². The summed E-state index contributed by atoms with van der Waals surface area (Å²) < 4.78 is 111. The molecule has 4 aliphatic heterocycles. The average molecular weight is 1400 g/mol. The largest absolute Gasteiger partial charge is 0.513 e. The van der Waals surface area contributed by atoms with Crippen LogP contribution in [0.1, 0.15) is 92.1 Å². The normalized spacial score (nSPS) is 16.9. The molecular formula is C65H82ClN5O23S2. The molecule has 4 aliphatic rings. The summed E-state index contributed by atoms with van der Waals surface area (Å²) in [5.41, 5.74) is -1.13. The Hall–Kier alpha value is -7.94. The van der Waals surface area contributed by atoms with Gasteiger partial charge in [-0.2, -0.15) is 8.61 Å². The number of amides is 1.